The first-order chi connectivity index (χ1) is 16.4. The minimum absolute atomic E-state index is 0.189. The summed E-state index contributed by atoms with van der Waals surface area (Å²) in [7, 11) is 0. The van der Waals surface area contributed by atoms with Crippen LogP contribution in [-0.4, -0.2) is 59.6 Å². The molecule has 1 saturated heterocycles. The van der Waals surface area contributed by atoms with Crippen molar-refractivity contribution in [3.63, 3.8) is 0 Å². The number of Topliss-reactive ketones (excluding diaryl/α,β-unsaturated/α-hetero) is 1. The van der Waals surface area contributed by atoms with E-state index in [0.29, 0.717) is 25.4 Å². The van der Waals surface area contributed by atoms with Crippen molar-refractivity contribution in [1.29, 1.82) is 0 Å². The summed E-state index contributed by atoms with van der Waals surface area (Å²) in [6.45, 7) is 8.75. The van der Waals surface area contributed by atoms with Crippen LogP contribution in [0.5, 0.6) is 0 Å². The van der Waals surface area contributed by atoms with Crippen LogP contribution in [0.1, 0.15) is 59.4 Å². The van der Waals surface area contributed by atoms with E-state index in [4.69, 9.17) is 9.47 Å². The molecule has 0 radical (unpaired) electrons. The minimum atomic E-state index is -0.903. The monoisotopic (exact) mass is 487 g/mol. The number of ether oxygens (including phenoxy) is 2. The number of nitrogens with one attached hydrogen (secondary N) is 3. The predicted molar refractivity (Wildman–Crippen MR) is 130 cm³/mol. The fourth-order valence-corrected chi connectivity index (χ4v) is 3.72. The second kappa shape index (κ2) is 10.8. The Morgan fingerprint density at radius 1 is 1.03 bits per heavy atom. The van der Waals surface area contributed by atoms with Gasteiger partial charge in [0.1, 0.15) is 23.3 Å². The van der Waals surface area contributed by atoms with Crippen molar-refractivity contribution in [2.75, 3.05) is 6.61 Å². The van der Waals surface area contributed by atoms with Crippen molar-refractivity contribution < 1.29 is 28.7 Å². The first kappa shape index (κ1) is 26.7. The molecule has 1 aromatic rings. The van der Waals surface area contributed by atoms with Gasteiger partial charge in [0.05, 0.1) is 12.6 Å². The van der Waals surface area contributed by atoms with E-state index < -0.39 is 47.2 Å². The summed E-state index contributed by atoms with van der Waals surface area (Å²) in [5.41, 5.74) is -0.682. The zero-order chi connectivity index (χ0) is 25.8. The molecule has 1 aromatic carbocycles. The van der Waals surface area contributed by atoms with Gasteiger partial charge in [-0.15, -0.1) is 0 Å². The normalized spacial score (nSPS) is 21.7. The van der Waals surface area contributed by atoms with E-state index in [1.807, 2.05) is 30.3 Å². The van der Waals surface area contributed by atoms with Crippen LogP contribution in [-0.2, 0) is 30.3 Å². The zero-order valence-electron chi connectivity index (χ0n) is 21.2. The topological polar surface area (TPSA) is 126 Å². The van der Waals surface area contributed by atoms with E-state index in [9.17, 15) is 19.2 Å². The average molecular weight is 488 g/mol. The summed E-state index contributed by atoms with van der Waals surface area (Å²) in [6.07, 6.45) is 2.06. The van der Waals surface area contributed by atoms with Crippen LogP contribution in [0.15, 0.2) is 30.3 Å². The Kier molecular flexibility index (Phi) is 8.20. The molecule has 1 saturated carbocycles. The number of rotatable bonds is 11. The minimum Gasteiger partial charge on any atom is -0.444 e. The van der Waals surface area contributed by atoms with Crippen molar-refractivity contribution >= 4 is 23.7 Å². The van der Waals surface area contributed by atoms with Gasteiger partial charge in [0, 0.05) is 0 Å². The van der Waals surface area contributed by atoms with E-state index in [1.54, 1.807) is 27.7 Å². The van der Waals surface area contributed by atoms with E-state index in [-0.39, 0.29) is 5.78 Å². The summed E-state index contributed by atoms with van der Waals surface area (Å²) < 4.78 is 10.5. The molecule has 192 valence electrons. The average Bonchev–Trinajstić information content (AvgIpc) is 3.70. The molecule has 0 unspecified atom stereocenters. The highest BCUT2D eigenvalue weighted by molar-refractivity contribution is 5.98. The Morgan fingerprint density at radius 2 is 1.63 bits per heavy atom. The van der Waals surface area contributed by atoms with Crippen LogP contribution in [0.4, 0.5) is 4.79 Å². The smallest absolute Gasteiger partial charge is 0.408 e. The second-order valence-corrected chi connectivity index (χ2v) is 10.7. The van der Waals surface area contributed by atoms with Gasteiger partial charge in [-0.25, -0.2) is 4.79 Å². The fraction of sp³-hybridized carbons (Fsp3) is 0.615. The number of amides is 3. The van der Waals surface area contributed by atoms with Crippen LogP contribution in [0, 0.1) is 5.92 Å². The van der Waals surface area contributed by atoms with Gasteiger partial charge in [0.25, 0.3) is 0 Å². The van der Waals surface area contributed by atoms with Crippen LogP contribution < -0.4 is 16.0 Å². The lowest BCUT2D eigenvalue weighted by atomic mass is 9.94. The second-order valence-electron chi connectivity index (χ2n) is 10.7. The van der Waals surface area contributed by atoms with Gasteiger partial charge >= 0.3 is 6.09 Å². The Balaban J connectivity index is 1.66. The van der Waals surface area contributed by atoms with Crippen molar-refractivity contribution in [3.8, 4) is 0 Å². The molecule has 35 heavy (non-hydrogen) atoms. The quantitative estimate of drug-likeness (QED) is 0.411. The van der Waals surface area contributed by atoms with Gasteiger partial charge in [-0.3, -0.25) is 14.4 Å². The van der Waals surface area contributed by atoms with E-state index >= 15 is 0 Å². The maximum atomic E-state index is 13.3. The molecule has 1 aliphatic heterocycles. The number of benzene rings is 1. The molecule has 9 heteroatoms. The van der Waals surface area contributed by atoms with Crippen LogP contribution in [0.3, 0.4) is 0 Å². The van der Waals surface area contributed by atoms with E-state index in [0.717, 1.165) is 18.4 Å². The highest BCUT2D eigenvalue weighted by Gasteiger charge is 2.50. The maximum absolute atomic E-state index is 13.3. The third-order valence-electron chi connectivity index (χ3n) is 6.04. The molecule has 2 aliphatic rings. The van der Waals surface area contributed by atoms with Crippen LogP contribution in [0.25, 0.3) is 0 Å². The fourth-order valence-electron chi connectivity index (χ4n) is 3.72. The van der Waals surface area contributed by atoms with E-state index in [2.05, 4.69) is 16.0 Å². The predicted octanol–water partition coefficient (Wildman–Crippen LogP) is 2.27. The molecule has 0 aromatic heterocycles. The number of carbonyl (C=O) groups is 4. The summed E-state index contributed by atoms with van der Waals surface area (Å²) >= 11 is 0. The summed E-state index contributed by atoms with van der Waals surface area (Å²) in [6, 6.07) is 6.93. The Labute approximate surface area is 206 Å². The molecule has 2 fully saturated rings. The maximum Gasteiger partial charge on any atom is 0.408 e. The molecule has 9 nitrogen and oxygen atoms in total. The highest BCUT2D eigenvalue weighted by atomic mass is 16.6. The first-order valence-corrected chi connectivity index (χ1v) is 12.2. The van der Waals surface area contributed by atoms with Crippen molar-refractivity contribution in [2.24, 2.45) is 5.92 Å². The Hall–Kier alpha value is -2.94. The number of ketones is 1. The third-order valence-corrected chi connectivity index (χ3v) is 6.04. The van der Waals surface area contributed by atoms with Crippen molar-refractivity contribution in [1.82, 2.24) is 16.0 Å². The molecular weight excluding hydrogens is 450 g/mol. The van der Waals surface area contributed by atoms with Gasteiger partial charge in [0.2, 0.25) is 11.8 Å². The number of epoxide rings is 1. The van der Waals surface area contributed by atoms with Gasteiger partial charge < -0.3 is 25.4 Å². The number of carbonyl (C=O) groups excluding carboxylic acids is 4. The van der Waals surface area contributed by atoms with Crippen molar-refractivity contribution in [2.45, 2.75) is 89.6 Å². The standard InChI is InChI=1S/C26H37N3O6/c1-16(27-24(33)35-25(2,3)4)22(31)29-20(14-18-11-12-18)23(32)28-19(21(30)26(5)15-34-26)13-17-9-7-6-8-10-17/h6-10,16,18-20H,11-15H2,1-5H3,(H,27,33)(H,28,32)(H,29,31)/t16-,19-,20-,26+/m0/s1. The third kappa shape index (κ3) is 8.35. The molecule has 3 N–H and O–H groups in total. The molecule has 3 amide bonds. The highest BCUT2D eigenvalue weighted by Crippen LogP contribution is 2.34. The van der Waals surface area contributed by atoms with Crippen molar-refractivity contribution in [3.05, 3.63) is 35.9 Å². The van der Waals surface area contributed by atoms with Crippen LogP contribution >= 0.6 is 0 Å². The zero-order valence-corrected chi connectivity index (χ0v) is 21.2. The molecule has 1 heterocycles. The van der Waals surface area contributed by atoms with Gasteiger partial charge in [-0.2, -0.15) is 0 Å². The SMILES string of the molecule is C[C@H](NC(=O)OC(C)(C)C)C(=O)N[C@@H](CC1CC1)C(=O)N[C@@H](Cc1ccccc1)C(=O)[C@@]1(C)CO1. The lowest BCUT2D eigenvalue weighted by Crippen LogP contribution is -2.56. The lowest BCUT2D eigenvalue weighted by Gasteiger charge is -2.26. The molecule has 0 bridgehead atoms. The molecular formula is C26H37N3O6. The first-order valence-electron chi connectivity index (χ1n) is 12.2. The largest absolute Gasteiger partial charge is 0.444 e. The van der Waals surface area contributed by atoms with Crippen LogP contribution in [0.2, 0.25) is 0 Å². The Morgan fingerprint density at radius 3 is 2.17 bits per heavy atom. The molecule has 1 aliphatic carbocycles. The molecule has 0 spiro atoms. The Bertz CT molecular complexity index is 934. The molecule has 3 rings (SSSR count). The van der Waals surface area contributed by atoms with Gasteiger partial charge in [0.15, 0.2) is 5.78 Å². The number of hydrogen-bond donors (Lipinski definition) is 3. The summed E-state index contributed by atoms with van der Waals surface area (Å²) in [5.74, 6) is -0.771. The van der Waals surface area contributed by atoms with Gasteiger partial charge in [-0.1, -0.05) is 43.2 Å². The molecule has 4 atom stereocenters. The van der Waals surface area contributed by atoms with E-state index in [1.165, 1.54) is 6.92 Å². The summed E-state index contributed by atoms with van der Waals surface area (Å²) in [5, 5.41) is 8.11. The number of hydrogen-bond acceptors (Lipinski definition) is 6. The lowest BCUT2D eigenvalue weighted by molar-refractivity contribution is -0.133. The van der Waals surface area contributed by atoms with Gasteiger partial charge in [-0.05, 0) is 58.9 Å². The number of alkyl carbamates (subject to hydrolysis) is 1. The summed E-state index contributed by atoms with van der Waals surface area (Å²) in [4.78, 5) is 51.2.